The van der Waals surface area contributed by atoms with Crippen LogP contribution in [0.4, 0.5) is 5.69 Å². The molecule has 3 heteroatoms. The van der Waals surface area contributed by atoms with Crippen molar-refractivity contribution in [1.29, 1.82) is 0 Å². The first kappa shape index (κ1) is 13.1. The van der Waals surface area contributed by atoms with Crippen molar-refractivity contribution in [3.8, 4) is 0 Å². The van der Waals surface area contributed by atoms with Gasteiger partial charge in [-0.15, -0.1) is 11.3 Å². The summed E-state index contributed by atoms with van der Waals surface area (Å²) >= 11 is 1.80. The lowest BCUT2D eigenvalue weighted by atomic mass is 10.1. The van der Waals surface area contributed by atoms with Gasteiger partial charge in [-0.05, 0) is 35.6 Å². The van der Waals surface area contributed by atoms with Crippen molar-refractivity contribution < 1.29 is 0 Å². The standard InChI is InChI=1S/C15H20N2S/c1-2-13-5-7-14(8-6-13)17(10-9-16)12-15-4-3-11-18-15/h3-8,11H,2,9-10,12,16H2,1H3. The number of rotatable bonds is 6. The minimum Gasteiger partial charge on any atom is -0.365 e. The van der Waals surface area contributed by atoms with Crippen LogP contribution in [0.5, 0.6) is 0 Å². The molecule has 0 aliphatic rings. The van der Waals surface area contributed by atoms with Crippen molar-refractivity contribution in [3.63, 3.8) is 0 Å². The molecule has 2 N–H and O–H groups in total. The number of hydrogen-bond donors (Lipinski definition) is 1. The summed E-state index contributed by atoms with van der Waals surface area (Å²) in [5.41, 5.74) is 8.35. The molecule has 2 nitrogen and oxygen atoms in total. The van der Waals surface area contributed by atoms with Gasteiger partial charge >= 0.3 is 0 Å². The fraction of sp³-hybridized carbons (Fsp3) is 0.333. The Morgan fingerprint density at radius 1 is 1.17 bits per heavy atom. The first-order valence-corrected chi connectivity index (χ1v) is 7.27. The van der Waals surface area contributed by atoms with Gasteiger partial charge in [-0.25, -0.2) is 0 Å². The maximum atomic E-state index is 5.71. The van der Waals surface area contributed by atoms with Gasteiger partial charge in [0, 0.05) is 23.7 Å². The zero-order chi connectivity index (χ0) is 12.8. The largest absolute Gasteiger partial charge is 0.365 e. The Hall–Kier alpha value is -1.32. The number of hydrogen-bond acceptors (Lipinski definition) is 3. The molecule has 0 spiro atoms. The van der Waals surface area contributed by atoms with Crippen LogP contribution < -0.4 is 10.6 Å². The highest BCUT2D eigenvalue weighted by Crippen LogP contribution is 2.20. The number of thiophene rings is 1. The van der Waals surface area contributed by atoms with E-state index >= 15 is 0 Å². The molecule has 1 heterocycles. The highest BCUT2D eigenvalue weighted by atomic mass is 32.1. The third-order valence-corrected chi connectivity index (χ3v) is 3.90. The number of aryl methyl sites for hydroxylation is 1. The zero-order valence-electron chi connectivity index (χ0n) is 10.8. The van der Waals surface area contributed by atoms with Crippen LogP contribution >= 0.6 is 11.3 Å². The van der Waals surface area contributed by atoms with Crippen LogP contribution in [0.15, 0.2) is 41.8 Å². The molecule has 2 rings (SSSR count). The van der Waals surface area contributed by atoms with E-state index in [1.165, 1.54) is 16.1 Å². The quantitative estimate of drug-likeness (QED) is 0.863. The number of nitrogens with two attached hydrogens (primary N) is 1. The zero-order valence-corrected chi connectivity index (χ0v) is 11.6. The van der Waals surface area contributed by atoms with E-state index in [1.54, 1.807) is 11.3 Å². The molecule has 0 unspecified atom stereocenters. The van der Waals surface area contributed by atoms with E-state index in [-0.39, 0.29) is 0 Å². The summed E-state index contributed by atoms with van der Waals surface area (Å²) in [7, 11) is 0. The Kier molecular flexibility index (Phi) is 4.79. The van der Waals surface area contributed by atoms with Gasteiger partial charge in [0.15, 0.2) is 0 Å². The van der Waals surface area contributed by atoms with E-state index in [9.17, 15) is 0 Å². The summed E-state index contributed by atoms with van der Waals surface area (Å²) in [6.45, 7) is 4.70. The number of anilines is 1. The van der Waals surface area contributed by atoms with E-state index in [2.05, 4.69) is 53.6 Å². The van der Waals surface area contributed by atoms with Crippen molar-refractivity contribution in [3.05, 3.63) is 52.2 Å². The molecular weight excluding hydrogens is 240 g/mol. The molecule has 0 saturated carbocycles. The van der Waals surface area contributed by atoms with Crippen LogP contribution in [0.3, 0.4) is 0 Å². The van der Waals surface area contributed by atoms with Crippen molar-refractivity contribution in [2.24, 2.45) is 5.73 Å². The van der Waals surface area contributed by atoms with Gasteiger partial charge in [-0.1, -0.05) is 25.1 Å². The monoisotopic (exact) mass is 260 g/mol. The molecule has 0 saturated heterocycles. The maximum Gasteiger partial charge on any atom is 0.0523 e. The van der Waals surface area contributed by atoms with Crippen molar-refractivity contribution in [1.82, 2.24) is 0 Å². The fourth-order valence-electron chi connectivity index (χ4n) is 1.99. The predicted octanol–water partition coefficient (Wildman–Crippen LogP) is 3.28. The molecule has 1 aromatic carbocycles. The molecule has 0 atom stereocenters. The lowest BCUT2D eigenvalue weighted by Gasteiger charge is -2.23. The van der Waals surface area contributed by atoms with E-state index in [1.807, 2.05) is 0 Å². The van der Waals surface area contributed by atoms with E-state index in [0.29, 0.717) is 6.54 Å². The van der Waals surface area contributed by atoms with Crippen LogP contribution in [-0.2, 0) is 13.0 Å². The van der Waals surface area contributed by atoms with E-state index < -0.39 is 0 Å². The normalized spacial score (nSPS) is 10.6. The van der Waals surface area contributed by atoms with Crippen molar-refractivity contribution in [2.45, 2.75) is 19.9 Å². The molecule has 0 radical (unpaired) electrons. The molecule has 0 aliphatic carbocycles. The molecule has 96 valence electrons. The fourth-order valence-corrected chi connectivity index (χ4v) is 2.71. The van der Waals surface area contributed by atoms with Crippen LogP contribution in [0.1, 0.15) is 17.4 Å². The van der Waals surface area contributed by atoms with Gasteiger partial charge < -0.3 is 10.6 Å². The molecule has 0 bridgehead atoms. The lowest BCUT2D eigenvalue weighted by Crippen LogP contribution is -2.28. The molecule has 0 amide bonds. The second kappa shape index (κ2) is 6.57. The van der Waals surface area contributed by atoms with Crippen LogP contribution in [0, 0.1) is 0 Å². The molecule has 18 heavy (non-hydrogen) atoms. The van der Waals surface area contributed by atoms with Crippen LogP contribution in [-0.4, -0.2) is 13.1 Å². The Morgan fingerprint density at radius 3 is 2.50 bits per heavy atom. The van der Waals surface area contributed by atoms with Gasteiger partial charge in [0.25, 0.3) is 0 Å². The second-order valence-corrected chi connectivity index (χ2v) is 5.34. The van der Waals surface area contributed by atoms with Gasteiger partial charge in [0.1, 0.15) is 0 Å². The Bertz CT molecular complexity index is 448. The summed E-state index contributed by atoms with van der Waals surface area (Å²) in [6, 6.07) is 13.1. The summed E-state index contributed by atoms with van der Waals surface area (Å²) in [4.78, 5) is 3.72. The third-order valence-electron chi connectivity index (χ3n) is 3.04. The number of nitrogens with zero attached hydrogens (tertiary/aromatic N) is 1. The summed E-state index contributed by atoms with van der Waals surface area (Å²) in [6.07, 6.45) is 1.09. The molecule has 2 aromatic rings. The molecule has 1 aromatic heterocycles. The van der Waals surface area contributed by atoms with Gasteiger partial charge in [-0.2, -0.15) is 0 Å². The van der Waals surface area contributed by atoms with E-state index in [4.69, 9.17) is 5.73 Å². The summed E-state index contributed by atoms with van der Waals surface area (Å²) in [5.74, 6) is 0. The minimum atomic E-state index is 0.681. The van der Waals surface area contributed by atoms with Crippen LogP contribution in [0.2, 0.25) is 0 Å². The minimum absolute atomic E-state index is 0.681. The first-order valence-electron chi connectivity index (χ1n) is 6.40. The lowest BCUT2D eigenvalue weighted by molar-refractivity contribution is 0.797. The van der Waals surface area contributed by atoms with Gasteiger partial charge in [0.2, 0.25) is 0 Å². The number of benzene rings is 1. The SMILES string of the molecule is CCc1ccc(N(CCN)Cc2cccs2)cc1. The summed E-state index contributed by atoms with van der Waals surface area (Å²) < 4.78 is 0. The van der Waals surface area contributed by atoms with E-state index in [0.717, 1.165) is 19.5 Å². The van der Waals surface area contributed by atoms with Gasteiger partial charge in [-0.3, -0.25) is 0 Å². The third kappa shape index (κ3) is 3.34. The molecule has 0 fully saturated rings. The second-order valence-electron chi connectivity index (χ2n) is 4.31. The smallest absolute Gasteiger partial charge is 0.0523 e. The summed E-state index contributed by atoms with van der Waals surface area (Å²) in [5, 5.41) is 2.12. The Morgan fingerprint density at radius 2 is 1.94 bits per heavy atom. The average molecular weight is 260 g/mol. The van der Waals surface area contributed by atoms with Crippen molar-refractivity contribution in [2.75, 3.05) is 18.0 Å². The topological polar surface area (TPSA) is 29.3 Å². The Labute approximate surface area is 113 Å². The average Bonchev–Trinajstić information content (AvgIpc) is 2.91. The van der Waals surface area contributed by atoms with Gasteiger partial charge in [0.05, 0.1) is 6.54 Å². The highest BCUT2D eigenvalue weighted by molar-refractivity contribution is 7.09. The predicted molar refractivity (Wildman–Crippen MR) is 80.2 cm³/mol. The highest BCUT2D eigenvalue weighted by Gasteiger charge is 2.07. The first-order chi connectivity index (χ1) is 8.83. The van der Waals surface area contributed by atoms with Crippen LogP contribution in [0.25, 0.3) is 0 Å². The molecular formula is C15H20N2S. The Balaban J connectivity index is 2.12. The van der Waals surface area contributed by atoms with Crippen molar-refractivity contribution >= 4 is 17.0 Å². The molecule has 0 aliphatic heterocycles. The maximum absolute atomic E-state index is 5.71.